The van der Waals surface area contributed by atoms with Crippen LogP contribution in [0.2, 0.25) is 0 Å². The molecular weight excluding hydrogens is 458 g/mol. The van der Waals surface area contributed by atoms with Crippen molar-refractivity contribution in [3.63, 3.8) is 0 Å². The maximum atomic E-state index is 12.7. The van der Waals surface area contributed by atoms with Crippen molar-refractivity contribution < 1.29 is 4.79 Å². The number of rotatable bonds is 6. The van der Waals surface area contributed by atoms with Crippen molar-refractivity contribution in [2.75, 3.05) is 11.1 Å². The van der Waals surface area contributed by atoms with E-state index in [1.54, 1.807) is 22.7 Å². The summed E-state index contributed by atoms with van der Waals surface area (Å²) in [5.41, 5.74) is 2.02. The molecular formula is C23H27N5OS3. The van der Waals surface area contributed by atoms with E-state index in [-0.39, 0.29) is 17.1 Å². The number of anilines is 1. The summed E-state index contributed by atoms with van der Waals surface area (Å²) < 4.78 is 1.94. The van der Waals surface area contributed by atoms with Crippen molar-refractivity contribution in [2.24, 2.45) is 18.4 Å². The lowest BCUT2D eigenvalue weighted by Gasteiger charge is -2.33. The van der Waals surface area contributed by atoms with Crippen LogP contribution in [0.1, 0.15) is 53.9 Å². The van der Waals surface area contributed by atoms with Gasteiger partial charge in [-0.3, -0.25) is 4.79 Å². The molecule has 0 saturated heterocycles. The minimum atomic E-state index is -0.125. The molecule has 3 aromatic rings. The Bertz CT molecular complexity index is 1150. The van der Waals surface area contributed by atoms with Gasteiger partial charge in [-0.2, -0.15) is 5.26 Å². The topological polar surface area (TPSA) is 83.6 Å². The van der Waals surface area contributed by atoms with Crippen molar-refractivity contribution in [3.8, 4) is 6.07 Å². The van der Waals surface area contributed by atoms with E-state index in [0.29, 0.717) is 21.6 Å². The van der Waals surface area contributed by atoms with E-state index in [2.05, 4.69) is 48.4 Å². The van der Waals surface area contributed by atoms with Crippen LogP contribution in [-0.4, -0.2) is 26.4 Å². The Hall–Kier alpha value is -2.15. The number of thiophene rings is 2. The van der Waals surface area contributed by atoms with E-state index in [4.69, 9.17) is 0 Å². The summed E-state index contributed by atoms with van der Waals surface area (Å²) in [7, 11) is 1.93. The lowest BCUT2D eigenvalue weighted by atomic mass is 9.72. The molecule has 0 aliphatic heterocycles. The fourth-order valence-corrected chi connectivity index (χ4v) is 6.74. The smallest absolute Gasteiger partial charge is 0.235 e. The molecule has 0 bridgehead atoms. The summed E-state index contributed by atoms with van der Waals surface area (Å²) in [4.78, 5) is 15.2. The summed E-state index contributed by atoms with van der Waals surface area (Å²) in [6, 6.07) is 6.44. The quantitative estimate of drug-likeness (QED) is 0.480. The lowest BCUT2D eigenvalue weighted by molar-refractivity contribution is -0.113. The fourth-order valence-electron chi connectivity index (χ4n) is 4.02. The Kier molecular flexibility index (Phi) is 6.75. The molecule has 3 aromatic heterocycles. The molecule has 1 unspecified atom stereocenters. The number of carbonyl (C=O) groups is 1. The van der Waals surface area contributed by atoms with Gasteiger partial charge in [-0.25, -0.2) is 0 Å². The van der Waals surface area contributed by atoms with Crippen LogP contribution in [0.15, 0.2) is 22.7 Å². The van der Waals surface area contributed by atoms with Gasteiger partial charge >= 0.3 is 0 Å². The molecule has 3 heterocycles. The van der Waals surface area contributed by atoms with Gasteiger partial charge in [-0.05, 0) is 47.6 Å². The zero-order valence-corrected chi connectivity index (χ0v) is 21.2. The van der Waals surface area contributed by atoms with Crippen molar-refractivity contribution >= 4 is 45.3 Å². The van der Waals surface area contributed by atoms with Gasteiger partial charge in [0.15, 0.2) is 5.16 Å². The van der Waals surface area contributed by atoms with Gasteiger partial charge in [0.2, 0.25) is 5.91 Å². The molecule has 32 heavy (non-hydrogen) atoms. The van der Waals surface area contributed by atoms with Crippen molar-refractivity contribution in [3.05, 3.63) is 44.2 Å². The molecule has 168 valence electrons. The molecule has 0 saturated carbocycles. The second-order valence-electron chi connectivity index (χ2n) is 9.18. The van der Waals surface area contributed by atoms with E-state index in [1.807, 2.05) is 23.1 Å². The average Bonchev–Trinajstić information content (AvgIpc) is 3.45. The first kappa shape index (κ1) is 23.0. The summed E-state index contributed by atoms with van der Waals surface area (Å²) in [5, 5.41) is 24.7. The zero-order chi connectivity index (χ0) is 22.9. The number of amides is 1. The number of hydrogen-bond acceptors (Lipinski definition) is 7. The van der Waals surface area contributed by atoms with Crippen LogP contribution in [0, 0.1) is 22.7 Å². The Balaban J connectivity index is 1.40. The minimum absolute atomic E-state index is 0.125. The maximum Gasteiger partial charge on any atom is 0.235 e. The average molecular weight is 486 g/mol. The highest BCUT2D eigenvalue weighted by Crippen LogP contribution is 2.44. The number of nitriles is 1. The molecule has 0 fully saturated rings. The molecule has 4 rings (SSSR count). The van der Waals surface area contributed by atoms with Crippen molar-refractivity contribution in [2.45, 2.75) is 51.6 Å². The number of hydrogen-bond donors (Lipinski definition) is 1. The first-order valence-corrected chi connectivity index (χ1v) is 13.3. The molecule has 6 nitrogen and oxygen atoms in total. The first-order valence-electron chi connectivity index (χ1n) is 10.6. The highest BCUT2D eigenvalue weighted by molar-refractivity contribution is 7.99. The second kappa shape index (κ2) is 9.38. The lowest BCUT2D eigenvalue weighted by Crippen LogP contribution is -2.26. The third-order valence-corrected chi connectivity index (χ3v) is 9.09. The highest BCUT2D eigenvalue weighted by Gasteiger charge is 2.32. The monoisotopic (exact) mass is 485 g/mol. The third kappa shape index (κ3) is 4.92. The minimum Gasteiger partial charge on any atom is -0.316 e. The first-order chi connectivity index (χ1) is 15.3. The Morgan fingerprint density at radius 1 is 1.41 bits per heavy atom. The summed E-state index contributed by atoms with van der Waals surface area (Å²) >= 11 is 4.63. The Morgan fingerprint density at radius 2 is 2.22 bits per heavy atom. The van der Waals surface area contributed by atoms with Gasteiger partial charge in [0.05, 0.1) is 11.3 Å². The number of nitrogens with one attached hydrogen (secondary N) is 1. The van der Waals surface area contributed by atoms with E-state index < -0.39 is 0 Å². The number of thioether (sulfide) groups is 1. The summed E-state index contributed by atoms with van der Waals surface area (Å²) in [6.07, 6.45) is 3.71. The molecule has 9 heteroatoms. The second-order valence-corrected chi connectivity index (χ2v) is 12.3. The molecule has 0 aromatic carbocycles. The SMILES string of the molecule is Cn1c(Cc2cccs2)nnc1SCC(=O)Nc1sc2c(c1C#N)CCC(C(C)(C)C)C2. The molecule has 0 spiro atoms. The molecule has 0 radical (unpaired) electrons. The van der Waals surface area contributed by atoms with Crippen LogP contribution in [0.3, 0.4) is 0 Å². The maximum absolute atomic E-state index is 12.7. The normalized spacial score (nSPS) is 15.9. The van der Waals surface area contributed by atoms with E-state index in [1.165, 1.54) is 21.5 Å². The van der Waals surface area contributed by atoms with Crippen LogP contribution in [0.4, 0.5) is 5.00 Å². The fraction of sp³-hybridized carbons (Fsp3) is 0.478. The number of carbonyl (C=O) groups excluding carboxylic acids is 1. The predicted molar refractivity (Wildman–Crippen MR) is 131 cm³/mol. The molecule has 1 aliphatic carbocycles. The van der Waals surface area contributed by atoms with Gasteiger partial charge in [-0.15, -0.1) is 32.9 Å². The van der Waals surface area contributed by atoms with Crippen LogP contribution in [0.25, 0.3) is 0 Å². The largest absolute Gasteiger partial charge is 0.316 e. The molecule has 1 atom stereocenters. The van der Waals surface area contributed by atoms with Crippen LogP contribution >= 0.6 is 34.4 Å². The van der Waals surface area contributed by atoms with E-state index >= 15 is 0 Å². The summed E-state index contributed by atoms with van der Waals surface area (Å²) in [6.45, 7) is 6.83. The van der Waals surface area contributed by atoms with Gasteiger partial charge in [0.25, 0.3) is 0 Å². The Labute approximate surface area is 201 Å². The number of fused-ring (bicyclic) bond motifs is 1. The van der Waals surface area contributed by atoms with E-state index in [0.717, 1.165) is 37.1 Å². The van der Waals surface area contributed by atoms with Crippen molar-refractivity contribution in [1.29, 1.82) is 5.26 Å². The van der Waals surface area contributed by atoms with Gasteiger partial charge in [0.1, 0.15) is 16.9 Å². The molecule has 1 amide bonds. The number of aromatic nitrogens is 3. The van der Waals surface area contributed by atoms with Crippen LogP contribution < -0.4 is 5.32 Å². The highest BCUT2D eigenvalue weighted by atomic mass is 32.2. The van der Waals surface area contributed by atoms with Gasteiger partial charge in [0, 0.05) is 23.2 Å². The molecule has 1 N–H and O–H groups in total. The van der Waals surface area contributed by atoms with Crippen molar-refractivity contribution in [1.82, 2.24) is 14.8 Å². The summed E-state index contributed by atoms with van der Waals surface area (Å²) in [5.74, 6) is 1.57. The van der Waals surface area contributed by atoms with Crippen LogP contribution in [0.5, 0.6) is 0 Å². The van der Waals surface area contributed by atoms with Gasteiger partial charge < -0.3 is 9.88 Å². The zero-order valence-electron chi connectivity index (χ0n) is 18.8. The molecule has 1 aliphatic rings. The van der Waals surface area contributed by atoms with Gasteiger partial charge in [-0.1, -0.05) is 38.6 Å². The standard InChI is InChI=1S/C23H27N5OS3/c1-23(2,3)14-7-8-16-17(12-24)21(32-18(16)10-14)25-20(29)13-31-22-27-26-19(28(22)4)11-15-6-5-9-30-15/h5-6,9,14H,7-8,10-11,13H2,1-4H3,(H,25,29). The predicted octanol–water partition coefficient (Wildman–Crippen LogP) is 5.28. The third-order valence-electron chi connectivity index (χ3n) is 6.02. The number of nitrogens with zero attached hydrogens (tertiary/aromatic N) is 4. The Morgan fingerprint density at radius 3 is 2.91 bits per heavy atom. The van der Waals surface area contributed by atoms with Crippen LogP contribution in [-0.2, 0) is 31.1 Å². The van der Waals surface area contributed by atoms with E-state index in [9.17, 15) is 10.1 Å².